The highest BCUT2D eigenvalue weighted by atomic mass is 19.1. The molecule has 0 radical (unpaired) electrons. The third-order valence-electron chi connectivity index (χ3n) is 2.88. The molecule has 0 heterocycles. The lowest BCUT2D eigenvalue weighted by molar-refractivity contribution is 0.0697. The largest absolute Gasteiger partial charge is 0.478 e. The van der Waals surface area contributed by atoms with E-state index in [1.165, 1.54) is 19.1 Å². The third kappa shape index (κ3) is 2.62. The molecule has 0 aromatic heterocycles. The standard InChI is InChI=1S/C15H12F2O2/c1-8-3-10(6-11(4-8)15(18)19)12-7-13(16)9(2)5-14(12)17/h3-7H,1-2H3,(H,18,19). The van der Waals surface area contributed by atoms with E-state index >= 15 is 0 Å². The molecule has 0 amide bonds. The summed E-state index contributed by atoms with van der Waals surface area (Å²) in [5.74, 6) is -2.19. The Bertz CT molecular complexity index is 663. The van der Waals surface area contributed by atoms with E-state index in [1.54, 1.807) is 13.0 Å². The molecule has 4 heteroatoms. The topological polar surface area (TPSA) is 37.3 Å². The van der Waals surface area contributed by atoms with Crippen LogP contribution in [0.2, 0.25) is 0 Å². The minimum atomic E-state index is -1.10. The average Bonchev–Trinajstić information content (AvgIpc) is 2.33. The second kappa shape index (κ2) is 4.80. The molecule has 0 bridgehead atoms. The van der Waals surface area contributed by atoms with E-state index in [1.807, 2.05) is 0 Å². The monoisotopic (exact) mass is 262 g/mol. The molecule has 0 saturated heterocycles. The van der Waals surface area contributed by atoms with Gasteiger partial charge in [-0.25, -0.2) is 13.6 Å². The molecule has 2 aromatic carbocycles. The van der Waals surface area contributed by atoms with Crippen LogP contribution in [0, 0.1) is 25.5 Å². The Morgan fingerprint density at radius 3 is 2.32 bits per heavy atom. The van der Waals surface area contributed by atoms with Crippen molar-refractivity contribution in [3.05, 3.63) is 58.7 Å². The quantitative estimate of drug-likeness (QED) is 0.889. The number of halogens is 2. The first-order valence-electron chi connectivity index (χ1n) is 5.69. The smallest absolute Gasteiger partial charge is 0.335 e. The van der Waals surface area contributed by atoms with Crippen LogP contribution < -0.4 is 0 Å². The zero-order valence-electron chi connectivity index (χ0n) is 10.5. The highest BCUT2D eigenvalue weighted by Gasteiger charge is 2.12. The average molecular weight is 262 g/mol. The molecule has 0 unspecified atom stereocenters. The van der Waals surface area contributed by atoms with Crippen molar-refractivity contribution in [1.82, 2.24) is 0 Å². The summed E-state index contributed by atoms with van der Waals surface area (Å²) < 4.78 is 27.4. The summed E-state index contributed by atoms with van der Waals surface area (Å²) in [6.07, 6.45) is 0. The van der Waals surface area contributed by atoms with Gasteiger partial charge in [0.05, 0.1) is 5.56 Å². The van der Waals surface area contributed by atoms with Gasteiger partial charge in [0.1, 0.15) is 11.6 Å². The van der Waals surface area contributed by atoms with E-state index in [0.717, 1.165) is 12.1 Å². The third-order valence-corrected chi connectivity index (χ3v) is 2.88. The van der Waals surface area contributed by atoms with Crippen molar-refractivity contribution < 1.29 is 18.7 Å². The minimum absolute atomic E-state index is 0.0513. The summed E-state index contributed by atoms with van der Waals surface area (Å²) in [5, 5.41) is 8.98. The number of benzene rings is 2. The molecule has 2 nitrogen and oxygen atoms in total. The summed E-state index contributed by atoms with van der Waals surface area (Å²) in [4.78, 5) is 11.0. The van der Waals surface area contributed by atoms with Gasteiger partial charge in [-0.1, -0.05) is 6.07 Å². The van der Waals surface area contributed by atoms with Crippen molar-refractivity contribution in [2.45, 2.75) is 13.8 Å². The number of carbonyl (C=O) groups is 1. The van der Waals surface area contributed by atoms with Crippen LogP contribution in [0.25, 0.3) is 11.1 Å². The highest BCUT2D eigenvalue weighted by molar-refractivity contribution is 5.89. The Hall–Kier alpha value is -2.23. The fourth-order valence-electron chi connectivity index (χ4n) is 1.93. The van der Waals surface area contributed by atoms with Crippen molar-refractivity contribution >= 4 is 5.97 Å². The van der Waals surface area contributed by atoms with Gasteiger partial charge in [0.2, 0.25) is 0 Å². The Morgan fingerprint density at radius 1 is 1.00 bits per heavy atom. The van der Waals surface area contributed by atoms with E-state index < -0.39 is 17.6 Å². The van der Waals surface area contributed by atoms with E-state index in [-0.39, 0.29) is 16.7 Å². The van der Waals surface area contributed by atoms with Crippen LogP contribution in [-0.2, 0) is 0 Å². The molecule has 2 aromatic rings. The van der Waals surface area contributed by atoms with Gasteiger partial charge in [0, 0.05) is 5.56 Å². The molecule has 98 valence electrons. The summed E-state index contributed by atoms with van der Waals surface area (Å²) in [5.41, 5.74) is 1.36. The minimum Gasteiger partial charge on any atom is -0.478 e. The maximum absolute atomic E-state index is 13.9. The van der Waals surface area contributed by atoms with Crippen LogP contribution in [0.15, 0.2) is 30.3 Å². The molecule has 0 atom stereocenters. The summed E-state index contributed by atoms with van der Waals surface area (Å²) in [7, 11) is 0. The molecule has 0 saturated carbocycles. The van der Waals surface area contributed by atoms with E-state index in [9.17, 15) is 13.6 Å². The predicted molar refractivity (Wildman–Crippen MR) is 68.2 cm³/mol. The van der Waals surface area contributed by atoms with Crippen LogP contribution in [0.3, 0.4) is 0 Å². The second-order valence-corrected chi connectivity index (χ2v) is 4.47. The van der Waals surface area contributed by atoms with Gasteiger partial charge in [-0.2, -0.15) is 0 Å². The second-order valence-electron chi connectivity index (χ2n) is 4.47. The van der Waals surface area contributed by atoms with Crippen molar-refractivity contribution in [2.75, 3.05) is 0 Å². The summed E-state index contributed by atoms with van der Waals surface area (Å²) in [6.45, 7) is 3.18. The Kier molecular flexibility index (Phi) is 3.34. The number of aromatic carboxylic acids is 1. The van der Waals surface area contributed by atoms with Crippen molar-refractivity contribution in [1.29, 1.82) is 0 Å². The van der Waals surface area contributed by atoms with Gasteiger partial charge in [-0.3, -0.25) is 0 Å². The molecule has 19 heavy (non-hydrogen) atoms. The fraction of sp³-hybridized carbons (Fsp3) is 0.133. The first-order chi connectivity index (χ1) is 8.88. The number of aryl methyl sites for hydroxylation is 2. The van der Waals surface area contributed by atoms with Crippen LogP contribution in [0.4, 0.5) is 8.78 Å². The zero-order valence-corrected chi connectivity index (χ0v) is 10.5. The number of carboxylic acid groups (broad SMARTS) is 1. The number of carboxylic acids is 1. The van der Waals surface area contributed by atoms with Crippen molar-refractivity contribution in [3.8, 4) is 11.1 Å². The Balaban J connectivity index is 2.65. The van der Waals surface area contributed by atoms with Crippen LogP contribution in [0.1, 0.15) is 21.5 Å². The lowest BCUT2D eigenvalue weighted by Crippen LogP contribution is -1.98. The number of hydrogen-bond donors (Lipinski definition) is 1. The lowest BCUT2D eigenvalue weighted by atomic mass is 9.98. The van der Waals surface area contributed by atoms with Gasteiger partial charge in [-0.15, -0.1) is 0 Å². The fourth-order valence-corrected chi connectivity index (χ4v) is 1.93. The molecule has 1 N–H and O–H groups in total. The Morgan fingerprint density at radius 2 is 1.68 bits per heavy atom. The molecular weight excluding hydrogens is 250 g/mol. The van der Waals surface area contributed by atoms with E-state index in [2.05, 4.69) is 0 Å². The summed E-state index contributed by atoms with van der Waals surface area (Å²) in [6, 6.07) is 6.63. The van der Waals surface area contributed by atoms with Crippen LogP contribution in [-0.4, -0.2) is 11.1 Å². The van der Waals surface area contributed by atoms with Crippen molar-refractivity contribution in [3.63, 3.8) is 0 Å². The van der Waals surface area contributed by atoms with Crippen molar-refractivity contribution in [2.24, 2.45) is 0 Å². The van der Waals surface area contributed by atoms with E-state index in [0.29, 0.717) is 11.1 Å². The van der Waals surface area contributed by atoms with Gasteiger partial charge < -0.3 is 5.11 Å². The highest BCUT2D eigenvalue weighted by Crippen LogP contribution is 2.27. The van der Waals surface area contributed by atoms with Gasteiger partial charge in [0.25, 0.3) is 0 Å². The number of rotatable bonds is 2. The Labute approximate surface area is 109 Å². The molecule has 0 aliphatic heterocycles. The van der Waals surface area contributed by atoms with E-state index in [4.69, 9.17) is 5.11 Å². The first kappa shape index (κ1) is 13.2. The van der Waals surface area contributed by atoms with Gasteiger partial charge >= 0.3 is 5.97 Å². The normalized spacial score (nSPS) is 10.5. The van der Waals surface area contributed by atoms with Gasteiger partial charge in [0.15, 0.2) is 0 Å². The maximum atomic E-state index is 13.9. The molecule has 2 rings (SSSR count). The summed E-state index contributed by atoms with van der Waals surface area (Å²) >= 11 is 0. The van der Waals surface area contributed by atoms with Crippen LogP contribution >= 0.6 is 0 Å². The van der Waals surface area contributed by atoms with Crippen LogP contribution in [0.5, 0.6) is 0 Å². The number of hydrogen-bond acceptors (Lipinski definition) is 1. The van der Waals surface area contributed by atoms with Gasteiger partial charge in [-0.05, 0) is 54.8 Å². The SMILES string of the molecule is Cc1cc(C(=O)O)cc(-c2cc(F)c(C)cc2F)c1. The zero-order chi connectivity index (χ0) is 14.2. The lowest BCUT2D eigenvalue weighted by Gasteiger charge is -2.08. The molecular formula is C15H12F2O2. The molecule has 0 spiro atoms. The molecule has 0 aliphatic carbocycles. The molecule has 0 fully saturated rings. The predicted octanol–water partition coefficient (Wildman–Crippen LogP) is 3.95. The first-order valence-corrected chi connectivity index (χ1v) is 5.69. The molecule has 0 aliphatic rings. The maximum Gasteiger partial charge on any atom is 0.335 e.